The van der Waals surface area contributed by atoms with Gasteiger partial charge in [0.05, 0.1) is 27.8 Å². The highest BCUT2D eigenvalue weighted by Crippen LogP contribution is 2.31. The zero-order valence-electron chi connectivity index (χ0n) is 15.7. The van der Waals surface area contributed by atoms with E-state index in [1.165, 1.54) is 0 Å². The van der Waals surface area contributed by atoms with Crippen LogP contribution in [-0.2, 0) is 16.4 Å². The number of nitrogens with zero attached hydrogens (tertiary/aromatic N) is 2. The molecule has 0 saturated carbocycles. The van der Waals surface area contributed by atoms with Crippen LogP contribution in [0.4, 0.5) is 5.82 Å². The Labute approximate surface area is 174 Å². The molecular formula is C21H21ClN2O4S. The van der Waals surface area contributed by atoms with Crippen molar-refractivity contribution in [1.82, 2.24) is 4.98 Å². The molecule has 0 unspecified atom stereocenters. The number of aromatic nitrogens is 1. The molecule has 29 heavy (non-hydrogen) atoms. The van der Waals surface area contributed by atoms with Gasteiger partial charge >= 0.3 is 0 Å². The predicted octanol–water partition coefficient (Wildman–Crippen LogP) is 3.44. The number of hydrogen-bond acceptors (Lipinski definition) is 6. The number of aliphatic hydroxyl groups is 1. The fourth-order valence-electron chi connectivity index (χ4n) is 3.40. The lowest BCUT2D eigenvalue weighted by molar-refractivity contribution is 0.233. The van der Waals surface area contributed by atoms with E-state index >= 15 is 0 Å². The third kappa shape index (κ3) is 4.17. The van der Waals surface area contributed by atoms with Crippen LogP contribution >= 0.6 is 11.6 Å². The third-order valence-electron chi connectivity index (χ3n) is 4.91. The maximum atomic E-state index is 12.9. The van der Waals surface area contributed by atoms with Crippen LogP contribution in [-0.4, -0.2) is 44.0 Å². The largest absolute Gasteiger partial charge is 0.493 e. The number of para-hydroxylation sites is 1. The highest BCUT2D eigenvalue weighted by Gasteiger charge is 2.27. The second kappa shape index (κ2) is 8.18. The lowest BCUT2D eigenvalue weighted by Crippen LogP contribution is -2.26. The van der Waals surface area contributed by atoms with E-state index in [9.17, 15) is 8.42 Å². The normalized spacial score (nSPS) is 15.7. The number of aliphatic hydroxyl groups excluding tert-OH is 1. The summed E-state index contributed by atoms with van der Waals surface area (Å²) in [5, 5.41) is 10.3. The molecule has 6 nitrogen and oxygen atoms in total. The molecule has 0 fully saturated rings. The summed E-state index contributed by atoms with van der Waals surface area (Å²) in [5.74, 6) is 1.12. The van der Waals surface area contributed by atoms with E-state index in [1.807, 2.05) is 29.2 Å². The van der Waals surface area contributed by atoms with Crippen molar-refractivity contribution in [3.63, 3.8) is 0 Å². The van der Waals surface area contributed by atoms with Crippen molar-refractivity contribution in [1.29, 1.82) is 0 Å². The van der Waals surface area contributed by atoms with E-state index in [2.05, 4.69) is 4.98 Å². The molecule has 1 aliphatic rings. The van der Waals surface area contributed by atoms with Crippen molar-refractivity contribution in [3.05, 3.63) is 59.1 Å². The third-order valence-corrected chi connectivity index (χ3v) is 7.00. The number of sulfone groups is 1. The van der Waals surface area contributed by atoms with Gasteiger partial charge in [-0.3, -0.25) is 0 Å². The molecule has 8 heteroatoms. The molecular weight excluding hydrogens is 412 g/mol. The lowest BCUT2D eigenvalue weighted by Gasteiger charge is -2.22. The smallest absolute Gasteiger partial charge is 0.180 e. The lowest BCUT2D eigenvalue weighted by atomic mass is 10.2. The molecule has 152 valence electrons. The zero-order chi connectivity index (χ0) is 20.4. The molecule has 0 atom stereocenters. The highest BCUT2D eigenvalue weighted by atomic mass is 35.5. The highest BCUT2D eigenvalue weighted by molar-refractivity contribution is 7.91. The second-order valence-electron chi connectivity index (χ2n) is 6.92. The Morgan fingerprint density at radius 2 is 2.00 bits per heavy atom. The molecule has 2 aromatic carbocycles. The first kappa shape index (κ1) is 19.9. The average molecular weight is 433 g/mol. The van der Waals surface area contributed by atoms with Gasteiger partial charge in [0, 0.05) is 31.5 Å². The van der Waals surface area contributed by atoms with E-state index in [1.54, 1.807) is 24.3 Å². The van der Waals surface area contributed by atoms with Gasteiger partial charge in [-0.05, 0) is 29.8 Å². The predicted molar refractivity (Wildman–Crippen MR) is 113 cm³/mol. The number of ether oxygens (including phenoxy) is 1. The molecule has 0 bridgehead atoms. The number of hydrogen-bond donors (Lipinski definition) is 1. The maximum absolute atomic E-state index is 12.9. The van der Waals surface area contributed by atoms with Gasteiger partial charge in [0.15, 0.2) is 9.84 Å². The first-order chi connectivity index (χ1) is 14.0. The molecule has 4 rings (SSSR count). The summed E-state index contributed by atoms with van der Waals surface area (Å²) in [7, 11) is -3.46. The summed E-state index contributed by atoms with van der Waals surface area (Å²) in [4.78, 5) is 6.91. The molecule has 0 aliphatic carbocycles. The van der Waals surface area contributed by atoms with Gasteiger partial charge in [0.25, 0.3) is 0 Å². The van der Waals surface area contributed by atoms with Crippen LogP contribution in [0.15, 0.2) is 53.4 Å². The van der Waals surface area contributed by atoms with Crippen LogP contribution < -0.4 is 9.64 Å². The Morgan fingerprint density at radius 1 is 1.17 bits per heavy atom. The van der Waals surface area contributed by atoms with Gasteiger partial charge in [-0.25, -0.2) is 13.4 Å². The first-order valence-corrected chi connectivity index (χ1v) is 11.4. The van der Waals surface area contributed by atoms with Crippen LogP contribution in [0.3, 0.4) is 0 Å². The van der Waals surface area contributed by atoms with Crippen LogP contribution in [0, 0.1) is 0 Å². The van der Waals surface area contributed by atoms with E-state index in [-0.39, 0.29) is 17.3 Å². The summed E-state index contributed by atoms with van der Waals surface area (Å²) in [6.45, 7) is 1.09. The van der Waals surface area contributed by atoms with Gasteiger partial charge in [0.2, 0.25) is 0 Å². The second-order valence-corrected chi connectivity index (χ2v) is 9.40. The summed E-state index contributed by atoms with van der Waals surface area (Å²) in [6.07, 6.45) is 0.492. The van der Waals surface area contributed by atoms with Gasteiger partial charge in [-0.15, -0.1) is 0 Å². The number of fused-ring (bicyclic) bond motifs is 2. The van der Waals surface area contributed by atoms with E-state index < -0.39 is 9.84 Å². The average Bonchev–Trinajstić information content (AvgIpc) is 2.84. The Hall–Kier alpha value is -2.35. The molecule has 0 amide bonds. The molecule has 0 spiro atoms. The minimum Gasteiger partial charge on any atom is -0.493 e. The van der Waals surface area contributed by atoms with Crippen LogP contribution in [0.1, 0.15) is 12.0 Å². The summed E-state index contributed by atoms with van der Waals surface area (Å²) in [6, 6.07) is 14.5. The Morgan fingerprint density at radius 3 is 2.83 bits per heavy atom. The maximum Gasteiger partial charge on any atom is 0.180 e. The van der Waals surface area contributed by atoms with Crippen LogP contribution in [0.2, 0.25) is 5.02 Å². The van der Waals surface area contributed by atoms with Gasteiger partial charge in [0.1, 0.15) is 11.6 Å². The van der Waals surface area contributed by atoms with Crippen LogP contribution in [0.25, 0.3) is 10.9 Å². The Balaban J connectivity index is 1.68. The number of rotatable bonds is 5. The molecule has 3 aromatic rings. The molecule has 0 saturated heterocycles. The SMILES string of the molecule is O=S1(=O)CCN(c2cc(Cl)c3ccccc3n2)Cc2ccc(OCCCO)cc21. The number of pyridine rings is 1. The number of anilines is 1. The topological polar surface area (TPSA) is 79.7 Å². The Bertz CT molecular complexity index is 1150. The van der Waals surface area contributed by atoms with Crippen molar-refractivity contribution < 1.29 is 18.3 Å². The van der Waals surface area contributed by atoms with Crippen molar-refractivity contribution in [2.45, 2.75) is 17.9 Å². The summed E-state index contributed by atoms with van der Waals surface area (Å²) >= 11 is 6.44. The summed E-state index contributed by atoms with van der Waals surface area (Å²) < 4.78 is 31.3. The minimum atomic E-state index is -3.46. The molecule has 1 aromatic heterocycles. The molecule has 1 aliphatic heterocycles. The van der Waals surface area contributed by atoms with Gasteiger partial charge < -0.3 is 14.7 Å². The van der Waals surface area contributed by atoms with E-state index in [0.717, 1.165) is 10.9 Å². The van der Waals surface area contributed by atoms with Crippen molar-refractivity contribution in [2.75, 3.05) is 30.4 Å². The van der Waals surface area contributed by atoms with Gasteiger partial charge in [-0.2, -0.15) is 0 Å². The van der Waals surface area contributed by atoms with E-state index in [4.69, 9.17) is 21.4 Å². The number of halogens is 1. The van der Waals surface area contributed by atoms with E-state index in [0.29, 0.717) is 48.3 Å². The minimum absolute atomic E-state index is 0.0216. The first-order valence-electron chi connectivity index (χ1n) is 9.37. The number of benzene rings is 2. The fourth-order valence-corrected chi connectivity index (χ4v) is 5.17. The van der Waals surface area contributed by atoms with Crippen molar-refractivity contribution in [3.8, 4) is 5.75 Å². The van der Waals surface area contributed by atoms with Crippen LogP contribution in [0.5, 0.6) is 5.75 Å². The Kier molecular flexibility index (Phi) is 5.63. The van der Waals surface area contributed by atoms with Crippen molar-refractivity contribution in [2.24, 2.45) is 0 Å². The van der Waals surface area contributed by atoms with Gasteiger partial charge in [-0.1, -0.05) is 35.9 Å². The van der Waals surface area contributed by atoms with Crippen molar-refractivity contribution >= 4 is 38.2 Å². The molecule has 0 radical (unpaired) electrons. The quantitative estimate of drug-likeness (QED) is 0.622. The standard InChI is InChI=1S/C21H21ClN2O4S/c22-18-13-21(23-19-5-2-1-4-17(18)19)24-8-11-29(26,27)20-12-16(28-10-3-9-25)7-6-15(20)14-24/h1-2,4-7,12-13,25H,3,8-11,14H2. The molecule has 2 heterocycles. The molecule has 1 N–H and O–H groups in total. The fraction of sp³-hybridized carbons (Fsp3) is 0.286. The zero-order valence-corrected chi connectivity index (χ0v) is 17.3. The summed E-state index contributed by atoms with van der Waals surface area (Å²) in [5.41, 5.74) is 1.47. The monoisotopic (exact) mass is 432 g/mol.